The summed E-state index contributed by atoms with van der Waals surface area (Å²) < 4.78 is 24.7. The van der Waals surface area contributed by atoms with Gasteiger partial charge in [-0.15, -0.1) is 0 Å². The highest BCUT2D eigenvalue weighted by atomic mass is 19.1. The molecule has 0 aliphatic heterocycles. The fourth-order valence-electron chi connectivity index (χ4n) is 2.78. The van der Waals surface area contributed by atoms with E-state index in [9.17, 15) is 19.1 Å². The topological polar surface area (TPSA) is 88.8 Å². The van der Waals surface area contributed by atoms with Crippen LogP contribution in [0.3, 0.4) is 0 Å². The van der Waals surface area contributed by atoms with E-state index in [4.69, 9.17) is 9.15 Å². The van der Waals surface area contributed by atoms with Crippen LogP contribution in [0.5, 0.6) is 5.75 Å². The van der Waals surface area contributed by atoms with Crippen molar-refractivity contribution in [2.24, 2.45) is 0 Å². The van der Waals surface area contributed by atoms with E-state index in [-0.39, 0.29) is 28.9 Å². The molecule has 2 aromatic carbocycles. The average molecular weight is 371 g/mol. The van der Waals surface area contributed by atoms with Crippen LogP contribution >= 0.6 is 0 Å². The molecule has 0 atom stereocenters. The molecule has 7 heteroatoms. The molecule has 0 aliphatic carbocycles. The highest BCUT2D eigenvalue weighted by Gasteiger charge is 2.24. The van der Waals surface area contributed by atoms with E-state index in [0.29, 0.717) is 22.4 Å². The number of amides is 1. The zero-order chi connectivity index (χ0) is 19.7. The predicted octanol–water partition coefficient (Wildman–Crippen LogP) is 4.68. The van der Waals surface area contributed by atoms with Crippen LogP contribution in [0.1, 0.15) is 31.1 Å². The molecule has 3 rings (SSSR count). The normalized spacial score (nSPS) is 11.0. The maximum atomic E-state index is 13.2. The van der Waals surface area contributed by atoms with E-state index >= 15 is 0 Å². The van der Waals surface area contributed by atoms with Gasteiger partial charge >= 0.3 is 5.97 Å². The number of halogens is 1. The van der Waals surface area contributed by atoms with Gasteiger partial charge in [-0.2, -0.15) is 0 Å². The van der Waals surface area contributed by atoms with E-state index < -0.39 is 11.8 Å². The second-order valence-electron chi connectivity index (χ2n) is 6.31. The number of hydrogen-bond acceptors (Lipinski definition) is 4. The Kier molecular flexibility index (Phi) is 4.85. The summed E-state index contributed by atoms with van der Waals surface area (Å²) in [7, 11) is 0. The van der Waals surface area contributed by atoms with Gasteiger partial charge in [-0.05, 0) is 44.2 Å². The number of carbonyl (C=O) groups excluding carboxylic acids is 1. The van der Waals surface area contributed by atoms with Crippen LogP contribution in [0.2, 0.25) is 0 Å². The highest BCUT2D eigenvalue weighted by molar-refractivity contribution is 6.09. The summed E-state index contributed by atoms with van der Waals surface area (Å²) in [5.41, 5.74) is 1.02. The quantitative estimate of drug-likeness (QED) is 0.680. The lowest BCUT2D eigenvalue weighted by molar-refractivity contribution is -0.114. The first kappa shape index (κ1) is 18.4. The van der Waals surface area contributed by atoms with E-state index in [0.717, 1.165) is 0 Å². The third-order valence-corrected chi connectivity index (χ3v) is 3.78. The first-order valence-electron chi connectivity index (χ1n) is 8.30. The zero-order valence-electron chi connectivity index (χ0n) is 15.0. The van der Waals surface area contributed by atoms with Crippen LogP contribution in [-0.2, 0) is 4.79 Å². The van der Waals surface area contributed by atoms with Crippen LogP contribution in [-0.4, -0.2) is 23.1 Å². The third kappa shape index (κ3) is 3.76. The summed E-state index contributed by atoms with van der Waals surface area (Å²) in [5.74, 6) is -1.48. The van der Waals surface area contributed by atoms with Crippen LogP contribution in [0.15, 0.2) is 40.8 Å². The minimum Gasteiger partial charge on any atom is -0.489 e. The van der Waals surface area contributed by atoms with Crippen molar-refractivity contribution in [2.45, 2.75) is 26.9 Å². The highest BCUT2D eigenvalue weighted by Crippen LogP contribution is 2.39. The Hall–Kier alpha value is -3.35. The number of anilines is 1. The van der Waals surface area contributed by atoms with Gasteiger partial charge in [0.2, 0.25) is 5.91 Å². The predicted molar refractivity (Wildman–Crippen MR) is 98.6 cm³/mol. The van der Waals surface area contributed by atoms with Crippen molar-refractivity contribution in [2.75, 3.05) is 5.32 Å². The van der Waals surface area contributed by atoms with Crippen molar-refractivity contribution in [1.82, 2.24) is 0 Å². The number of benzene rings is 2. The lowest BCUT2D eigenvalue weighted by atomic mass is 10.0. The Balaban J connectivity index is 2.26. The molecule has 2 N–H and O–H groups in total. The number of rotatable bonds is 5. The maximum absolute atomic E-state index is 13.2. The van der Waals surface area contributed by atoms with Crippen LogP contribution in [0.4, 0.5) is 10.1 Å². The molecule has 1 aromatic heterocycles. The van der Waals surface area contributed by atoms with Crippen LogP contribution in [0, 0.1) is 5.82 Å². The van der Waals surface area contributed by atoms with Crippen molar-refractivity contribution < 1.29 is 28.2 Å². The molecule has 0 saturated heterocycles. The lowest BCUT2D eigenvalue weighted by Gasteiger charge is -2.14. The minimum atomic E-state index is -1.18. The lowest BCUT2D eigenvalue weighted by Crippen LogP contribution is -2.11. The molecule has 0 saturated carbocycles. The number of aromatic carboxylic acids is 1. The summed E-state index contributed by atoms with van der Waals surface area (Å²) >= 11 is 0. The molecule has 6 nitrogen and oxygen atoms in total. The number of ether oxygens (including phenoxy) is 1. The van der Waals surface area contributed by atoms with E-state index in [2.05, 4.69) is 5.32 Å². The standard InChI is InChI=1S/C20H18FNO5/c1-10(2)26-17-8-14-16(9-15(17)22-11(3)23)27-19(18(14)20(24)25)12-4-6-13(21)7-5-12/h4-10H,1-3H3,(H,22,23)(H,24,25). The number of hydrogen-bond donors (Lipinski definition) is 2. The van der Waals surface area contributed by atoms with Crippen molar-refractivity contribution in [3.8, 4) is 17.1 Å². The molecule has 1 amide bonds. The summed E-state index contributed by atoms with van der Waals surface area (Å²) in [6, 6.07) is 8.39. The number of carboxylic acids is 1. The number of nitrogens with one attached hydrogen (secondary N) is 1. The SMILES string of the molecule is CC(=O)Nc1cc2oc(-c3ccc(F)cc3)c(C(=O)O)c2cc1OC(C)C. The fraction of sp³-hybridized carbons (Fsp3) is 0.200. The number of fused-ring (bicyclic) bond motifs is 1. The van der Waals surface area contributed by atoms with Gasteiger partial charge in [0.1, 0.15) is 28.5 Å². The second kappa shape index (κ2) is 7.11. The molecule has 140 valence electrons. The molecule has 0 bridgehead atoms. The van der Waals surface area contributed by atoms with Gasteiger partial charge in [0.15, 0.2) is 0 Å². The molecule has 0 aliphatic rings. The molecular weight excluding hydrogens is 353 g/mol. The van der Waals surface area contributed by atoms with Gasteiger partial charge in [-0.3, -0.25) is 4.79 Å². The van der Waals surface area contributed by atoms with Crippen molar-refractivity contribution in [3.63, 3.8) is 0 Å². The molecule has 27 heavy (non-hydrogen) atoms. The molecule has 3 aromatic rings. The average Bonchev–Trinajstić information content (AvgIpc) is 2.93. The molecule has 1 heterocycles. The summed E-state index contributed by atoms with van der Waals surface area (Å²) in [6.45, 7) is 5.00. The van der Waals surface area contributed by atoms with Gasteiger partial charge in [0.05, 0.1) is 11.8 Å². The number of carboxylic acid groups (broad SMARTS) is 1. The van der Waals surface area contributed by atoms with Crippen molar-refractivity contribution in [1.29, 1.82) is 0 Å². The Morgan fingerprint density at radius 2 is 1.85 bits per heavy atom. The summed E-state index contributed by atoms with van der Waals surface area (Å²) in [6.07, 6.45) is -0.188. The van der Waals surface area contributed by atoms with Crippen LogP contribution < -0.4 is 10.1 Å². The zero-order valence-corrected chi connectivity index (χ0v) is 15.0. The molecule has 0 spiro atoms. The van der Waals surface area contributed by atoms with Crippen LogP contribution in [0.25, 0.3) is 22.3 Å². The summed E-state index contributed by atoms with van der Waals surface area (Å²) in [5, 5.41) is 12.7. The smallest absolute Gasteiger partial charge is 0.340 e. The van der Waals surface area contributed by atoms with Gasteiger partial charge in [0.25, 0.3) is 0 Å². The van der Waals surface area contributed by atoms with Gasteiger partial charge in [-0.25, -0.2) is 9.18 Å². The largest absolute Gasteiger partial charge is 0.489 e. The number of furan rings is 1. The monoisotopic (exact) mass is 371 g/mol. The second-order valence-corrected chi connectivity index (χ2v) is 6.31. The Bertz CT molecular complexity index is 1020. The van der Waals surface area contributed by atoms with E-state index in [1.165, 1.54) is 43.3 Å². The first-order chi connectivity index (χ1) is 12.8. The van der Waals surface area contributed by atoms with Gasteiger partial charge in [-0.1, -0.05) is 0 Å². The molecule has 0 unspecified atom stereocenters. The Morgan fingerprint density at radius 3 is 2.41 bits per heavy atom. The minimum absolute atomic E-state index is 0.0559. The Labute approximate surface area is 154 Å². The third-order valence-electron chi connectivity index (χ3n) is 3.78. The fourth-order valence-corrected chi connectivity index (χ4v) is 2.78. The molecule has 0 radical (unpaired) electrons. The van der Waals surface area contributed by atoms with Gasteiger partial charge in [0, 0.05) is 23.9 Å². The summed E-state index contributed by atoms with van der Waals surface area (Å²) in [4.78, 5) is 23.4. The van der Waals surface area contributed by atoms with Crippen molar-refractivity contribution >= 4 is 28.5 Å². The number of carbonyl (C=O) groups is 2. The first-order valence-corrected chi connectivity index (χ1v) is 8.30. The molecule has 0 fully saturated rings. The maximum Gasteiger partial charge on any atom is 0.340 e. The van der Waals surface area contributed by atoms with Crippen molar-refractivity contribution in [3.05, 3.63) is 47.8 Å². The Morgan fingerprint density at radius 1 is 1.19 bits per heavy atom. The molecular formula is C20H18FNO5. The van der Waals surface area contributed by atoms with E-state index in [1.54, 1.807) is 0 Å². The van der Waals surface area contributed by atoms with E-state index in [1.807, 2.05) is 13.8 Å². The van der Waals surface area contributed by atoms with Gasteiger partial charge < -0.3 is 19.6 Å².